The molecule has 0 unspecified atom stereocenters. The summed E-state index contributed by atoms with van der Waals surface area (Å²) in [6.45, 7) is 4.95. The lowest BCUT2D eigenvalue weighted by Gasteiger charge is -2.25. The van der Waals surface area contributed by atoms with Gasteiger partial charge in [-0.25, -0.2) is 8.78 Å². The Bertz CT molecular complexity index is 407. The third-order valence-electron chi connectivity index (χ3n) is 2.46. The van der Waals surface area contributed by atoms with Gasteiger partial charge in [0.1, 0.15) is 0 Å². The number of hydrogen-bond donors (Lipinski definition) is 1. The molecule has 94 valence electrons. The van der Waals surface area contributed by atoms with Gasteiger partial charge in [-0.05, 0) is 31.5 Å². The predicted molar refractivity (Wildman–Crippen MR) is 68.7 cm³/mol. The Hall–Kier alpha value is -1.07. The van der Waals surface area contributed by atoms with Gasteiger partial charge in [-0.2, -0.15) is 0 Å². The third kappa shape index (κ3) is 4.36. The second kappa shape index (κ2) is 6.02. The van der Waals surface area contributed by atoms with E-state index in [1.165, 1.54) is 6.07 Å². The molecule has 0 aromatic heterocycles. The molecule has 0 spiro atoms. The summed E-state index contributed by atoms with van der Waals surface area (Å²) >= 11 is 4.86. The van der Waals surface area contributed by atoms with Crippen molar-refractivity contribution in [3.05, 3.63) is 35.4 Å². The highest BCUT2D eigenvalue weighted by Crippen LogP contribution is 2.12. The Balaban J connectivity index is 2.78. The zero-order chi connectivity index (χ0) is 13.0. The number of thiocarbonyl (C=S) groups is 1. The molecule has 1 rings (SSSR count). The molecular formula is C12H16F2N2S. The van der Waals surface area contributed by atoms with Gasteiger partial charge in [0.15, 0.2) is 11.6 Å². The summed E-state index contributed by atoms with van der Waals surface area (Å²) in [6, 6.07) is 4.12. The Labute approximate surface area is 105 Å². The van der Waals surface area contributed by atoms with Crippen LogP contribution in [0.1, 0.15) is 19.4 Å². The summed E-state index contributed by atoms with van der Waals surface area (Å²) in [5, 5.41) is 0. The first-order chi connectivity index (χ1) is 7.90. The molecule has 0 radical (unpaired) electrons. The van der Waals surface area contributed by atoms with Crippen molar-refractivity contribution in [2.24, 2.45) is 5.73 Å². The van der Waals surface area contributed by atoms with E-state index in [2.05, 4.69) is 0 Å². The maximum atomic E-state index is 13.0. The van der Waals surface area contributed by atoms with Crippen LogP contribution in [0.2, 0.25) is 0 Å². The van der Waals surface area contributed by atoms with Gasteiger partial charge in [-0.3, -0.25) is 4.90 Å². The molecule has 2 N–H and O–H groups in total. The van der Waals surface area contributed by atoms with E-state index in [1.54, 1.807) is 6.07 Å². The molecule has 1 aromatic carbocycles. The Morgan fingerprint density at radius 1 is 1.35 bits per heavy atom. The molecule has 0 atom stereocenters. The van der Waals surface area contributed by atoms with Crippen molar-refractivity contribution in [1.82, 2.24) is 4.90 Å². The number of nitrogens with two attached hydrogens (primary N) is 1. The summed E-state index contributed by atoms with van der Waals surface area (Å²) < 4.78 is 25.8. The van der Waals surface area contributed by atoms with Crippen molar-refractivity contribution in [3.8, 4) is 0 Å². The molecule has 0 bridgehead atoms. The Morgan fingerprint density at radius 3 is 2.47 bits per heavy atom. The summed E-state index contributed by atoms with van der Waals surface area (Å²) in [7, 11) is 0. The van der Waals surface area contributed by atoms with Crippen molar-refractivity contribution in [1.29, 1.82) is 0 Å². The zero-order valence-electron chi connectivity index (χ0n) is 9.91. The molecule has 2 nitrogen and oxygen atoms in total. The number of halogens is 2. The van der Waals surface area contributed by atoms with Crippen LogP contribution in [0.5, 0.6) is 0 Å². The van der Waals surface area contributed by atoms with Crippen LogP contribution in [0, 0.1) is 11.6 Å². The topological polar surface area (TPSA) is 29.3 Å². The van der Waals surface area contributed by atoms with Crippen LogP contribution >= 0.6 is 12.2 Å². The van der Waals surface area contributed by atoms with E-state index in [0.29, 0.717) is 23.6 Å². The first-order valence-corrected chi connectivity index (χ1v) is 5.77. The van der Waals surface area contributed by atoms with Gasteiger partial charge in [0.2, 0.25) is 0 Å². The second-order valence-electron chi connectivity index (χ2n) is 4.21. The fraction of sp³-hybridized carbons (Fsp3) is 0.417. The molecule has 1 aromatic rings. The lowest BCUT2D eigenvalue weighted by molar-refractivity contribution is 0.245. The van der Waals surface area contributed by atoms with E-state index in [-0.39, 0.29) is 6.04 Å². The first kappa shape index (κ1) is 14.0. The van der Waals surface area contributed by atoms with Gasteiger partial charge >= 0.3 is 0 Å². The van der Waals surface area contributed by atoms with Crippen molar-refractivity contribution in [2.75, 3.05) is 6.54 Å². The monoisotopic (exact) mass is 258 g/mol. The third-order valence-corrected chi connectivity index (χ3v) is 2.59. The normalized spacial score (nSPS) is 11.2. The highest BCUT2D eigenvalue weighted by Gasteiger charge is 2.12. The number of nitrogens with zero attached hydrogens (tertiary/aromatic N) is 1. The fourth-order valence-corrected chi connectivity index (χ4v) is 1.66. The molecule has 0 aliphatic carbocycles. The summed E-state index contributed by atoms with van der Waals surface area (Å²) in [4.78, 5) is 2.39. The number of benzene rings is 1. The van der Waals surface area contributed by atoms with Gasteiger partial charge in [-0.15, -0.1) is 0 Å². The van der Waals surface area contributed by atoms with Crippen molar-refractivity contribution in [2.45, 2.75) is 26.4 Å². The highest BCUT2D eigenvalue weighted by molar-refractivity contribution is 7.80. The smallest absolute Gasteiger partial charge is 0.159 e. The van der Waals surface area contributed by atoms with Crippen LogP contribution in [0.4, 0.5) is 8.78 Å². The van der Waals surface area contributed by atoms with Crippen molar-refractivity contribution in [3.63, 3.8) is 0 Å². The molecule has 0 aliphatic heterocycles. The van der Waals surface area contributed by atoms with Gasteiger partial charge in [0.25, 0.3) is 0 Å². The van der Waals surface area contributed by atoms with E-state index >= 15 is 0 Å². The second-order valence-corrected chi connectivity index (χ2v) is 4.74. The minimum Gasteiger partial charge on any atom is -0.392 e. The maximum Gasteiger partial charge on any atom is 0.159 e. The predicted octanol–water partition coefficient (Wildman–Crippen LogP) is 2.46. The van der Waals surface area contributed by atoms with Crippen molar-refractivity contribution >= 4 is 17.2 Å². The fourth-order valence-electron chi connectivity index (χ4n) is 1.49. The average Bonchev–Trinajstić information content (AvgIpc) is 2.21. The Kier molecular flexibility index (Phi) is 4.96. The molecule has 0 amide bonds. The van der Waals surface area contributed by atoms with E-state index in [0.717, 1.165) is 6.07 Å². The first-order valence-electron chi connectivity index (χ1n) is 5.36. The van der Waals surface area contributed by atoms with E-state index in [4.69, 9.17) is 18.0 Å². The van der Waals surface area contributed by atoms with E-state index in [1.807, 2.05) is 18.7 Å². The molecule has 5 heteroatoms. The molecule has 0 aliphatic rings. The standard InChI is InChI=1S/C12H16F2N2S/c1-8(2)16(7-12(15)17)6-9-3-4-10(13)11(14)5-9/h3-5,8H,6-7H2,1-2H3,(H2,15,17). The molecule has 17 heavy (non-hydrogen) atoms. The molecule has 0 fully saturated rings. The van der Waals surface area contributed by atoms with E-state index < -0.39 is 11.6 Å². The van der Waals surface area contributed by atoms with Crippen LogP contribution < -0.4 is 5.73 Å². The van der Waals surface area contributed by atoms with E-state index in [9.17, 15) is 8.78 Å². The largest absolute Gasteiger partial charge is 0.392 e. The summed E-state index contributed by atoms with van der Waals surface area (Å²) in [6.07, 6.45) is 0. The average molecular weight is 258 g/mol. The number of hydrogen-bond acceptors (Lipinski definition) is 2. The highest BCUT2D eigenvalue weighted by atomic mass is 32.1. The SMILES string of the molecule is CC(C)N(CC(N)=S)Cc1ccc(F)c(F)c1. The summed E-state index contributed by atoms with van der Waals surface area (Å²) in [5.74, 6) is -1.67. The van der Waals surface area contributed by atoms with Gasteiger partial charge < -0.3 is 5.73 Å². The lowest BCUT2D eigenvalue weighted by atomic mass is 10.2. The molecular weight excluding hydrogens is 242 g/mol. The van der Waals surface area contributed by atoms with Gasteiger partial charge in [0, 0.05) is 19.1 Å². The minimum atomic E-state index is -0.834. The van der Waals surface area contributed by atoms with Crippen LogP contribution in [0.15, 0.2) is 18.2 Å². The molecule has 0 heterocycles. The Morgan fingerprint density at radius 2 is 2.00 bits per heavy atom. The number of rotatable bonds is 5. The van der Waals surface area contributed by atoms with Crippen LogP contribution in [-0.4, -0.2) is 22.5 Å². The summed E-state index contributed by atoms with van der Waals surface area (Å²) in [5.41, 5.74) is 6.20. The quantitative estimate of drug-likeness (QED) is 0.823. The van der Waals surface area contributed by atoms with Crippen LogP contribution in [0.25, 0.3) is 0 Å². The maximum absolute atomic E-state index is 13.0. The van der Waals surface area contributed by atoms with Gasteiger partial charge in [0.05, 0.1) is 4.99 Å². The molecule has 0 saturated heterocycles. The van der Waals surface area contributed by atoms with Crippen molar-refractivity contribution < 1.29 is 8.78 Å². The van der Waals surface area contributed by atoms with Crippen LogP contribution in [-0.2, 0) is 6.54 Å². The zero-order valence-corrected chi connectivity index (χ0v) is 10.7. The van der Waals surface area contributed by atoms with Gasteiger partial charge in [-0.1, -0.05) is 18.3 Å². The lowest BCUT2D eigenvalue weighted by Crippen LogP contribution is -2.37. The molecule has 0 saturated carbocycles. The van der Waals surface area contributed by atoms with Crippen LogP contribution in [0.3, 0.4) is 0 Å². The minimum absolute atomic E-state index is 0.226.